The molecular formula is C22H18N4O4. The fourth-order valence-electron chi connectivity index (χ4n) is 3.96. The molecule has 0 unspecified atom stereocenters. The van der Waals surface area contributed by atoms with E-state index in [0.29, 0.717) is 22.5 Å². The van der Waals surface area contributed by atoms with Crippen LogP contribution in [0.3, 0.4) is 0 Å². The molecule has 30 heavy (non-hydrogen) atoms. The molecule has 1 atom stereocenters. The summed E-state index contributed by atoms with van der Waals surface area (Å²) < 4.78 is 6.85. The second kappa shape index (κ2) is 6.55. The van der Waals surface area contributed by atoms with Crippen molar-refractivity contribution in [1.82, 2.24) is 14.8 Å². The number of hydrogen-bond acceptors (Lipinski definition) is 5. The standard InChI is InChI=1S/C22H18N4O4/c1-12-6-5-7-14(10-12)25-18(27)11-15(20(25)28)19-13(2)24-26(21(19)29)22-23-16-8-3-4-9-17(16)30-22/h3-10,15,24H,11H2,1-2H3/t15-/m1/s1. The van der Waals surface area contributed by atoms with Gasteiger partial charge in [-0.1, -0.05) is 24.3 Å². The molecule has 2 aromatic heterocycles. The molecule has 8 nitrogen and oxygen atoms in total. The molecule has 1 fully saturated rings. The zero-order valence-electron chi connectivity index (χ0n) is 16.4. The van der Waals surface area contributed by atoms with Gasteiger partial charge in [-0.3, -0.25) is 19.5 Å². The molecule has 0 bridgehead atoms. The summed E-state index contributed by atoms with van der Waals surface area (Å²) in [6.45, 7) is 3.59. The summed E-state index contributed by atoms with van der Waals surface area (Å²) in [6.07, 6.45) is -0.0612. The van der Waals surface area contributed by atoms with E-state index in [9.17, 15) is 14.4 Å². The molecule has 0 saturated carbocycles. The maximum Gasteiger partial charge on any atom is 0.325 e. The number of anilines is 1. The third-order valence-corrected chi connectivity index (χ3v) is 5.35. The highest BCUT2D eigenvalue weighted by molar-refractivity contribution is 6.22. The van der Waals surface area contributed by atoms with Gasteiger partial charge in [0.15, 0.2) is 5.58 Å². The number of aromatic amines is 1. The minimum absolute atomic E-state index is 0.0612. The smallest absolute Gasteiger partial charge is 0.325 e. The van der Waals surface area contributed by atoms with Gasteiger partial charge < -0.3 is 4.42 Å². The second-order valence-corrected chi connectivity index (χ2v) is 7.42. The summed E-state index contributed by atoms with van der Waals surface area (Å²) in [5.41, 5.74) is 2.92. The first-order valence-corrected chi connectivity index (χ1v) is 9.55. The lowest BCUT2D eigenvalue weighted by molar-refractivity contribution is -0.121. The first-order valence-electron chi connectivity index (χ1n) is 9.55. The van der Waals surface area contributed by atoms with Crippen molar-refractivity contribution in [3.63, 3.8) is 0 Å². The zero-order chi connectivity index (χ0) is 21.0. The van der Waals surface area contributed by atoms with Crippen molar-refractivity contribution in [3.8, 4) is 6.01 Å². The Kier molecular flexibility index (Phi) is 3.95. The lowest BCUT2D eigenvalue weighted by atomic mass is 9.98. The third-order valence-electron chi connectivity index (χ3n) is 5.35. The number of nitrogens with zero attached hydrogens (tertiary/aromatic N) is 3. The van der Waals surface area contributed by atoms with Crippen LogP contribution in [0.15, 0.2) is 57.7 Å². The number of amides is 2. The largest absolute Gasteiger partial charge is 0.422 e. The monoisotopic (exact) mass is 402 g/mol. The van der Waals surface area contributed by atoms with Crippen LogP contribution < -0.4 is 10.5 Å². The molecule has 1 N–H and O–H groups in total. The van der Waals surface area contributed by atoms with Gasteiger partial charge >= 0.3 is 6.01 Å². The summed E-state index contributed by atoms with van der Waals surface area (Å²) in [7, 11) is 0. The molecule has 0 radical (unpaired) electrons. The molecule has 150 valence electrons. The maximum absolute atomic E-state index is 13.2. The van der Waals surface area contributed by atoms with Crippen LogP contribution in [0.1, 0.15) is 29.2 Å². The second-order valence-electron chi connectivity index (χ2n) is 7.42. The summed E-state index contributed by atoms with van der Waals surface area (Å²) in [6, 6.07) is 14.4. The van der Waals surface area contributed by atoms with Crippen molar-refractivity contribution in [2.45, 2.75) is 26.2 Å². The zero-order valence-corrected chi connectivity index (χ0v) is 16.4. The number of para-hydroxylation sites is 2. The van der Waals surface area contributed by atoms with Gasteiger partial charge in [-0.25, -0.2) is 4.90 Å². The van der Waals surface area contributed by atoms with Crippen LogP contribution in [0.5, 0.6) is 0 Å². The number of aryl methyl sites for hydroxylation is 2. The molecular weight excluding hydrogens is 384 g/mol. The topological polar surface area (TPSA) is 101 Å². The van der Waals surface area contributed by atoms with Crippen molar-refractivity contribution >= 4 is 28.6 Å². The molecule has 1 aliphatic heterocycles. The first kappa shape index (κ1) is 18.1. The number of hydrogen-bond donors (Lipinski definition) is 1. The Bertz CT molecular complexity index is 1340. The number of H-pyrrole nitrogens is 1. The lowest BCUT2D eigenvalue weighted by Gasteiger charge is -2.15. The van der Waals surface area contributed by atoms with Crippen LogP contribution in [0.25, 0.3) is 17.1 Å². The minimum Gasteiger partial charge on any atom is -0.422 e. The molecule has 8 heteroatoms. The molecule has 0 spiro atoms. The summed E-state index contributed by atoms with van der Waals surface area (Å²) in [5, 5.41) is 2.93. The summed E-state index contributed by atoms with van der Waals surface area (Å²) >= 11 is 0. The molecule has 2 amide bonds. The average Bonchev–Trinajstić information content (AvgIpc) is 3.35. The van der Waals surface area contributed by atoms with E-state index in [1.165, 1.54) is 4.68 Å². The van der Waals surface area contributed by atoms with Gasteiger partial charge in [-0.2, -0.15) is 9.67 Å². The Morgan fingerprint density at radius 1 is 1.07 bits per heavy atom. The van der Waals surface area contributed by atoms with Crippen LogP contribution in [0.4, 0.5) is 5.69 Å². The molecule has 5 rings (SSSR count). The molecule has 0 aliphatic carbocycles. The van der Waals surface area contributed by atoms with E-state index in [-0.39, 0.29) is 23.9 Å². The average molecular weight is 402 g/mol. The Morgan fingerprint density at radius 2 is 1.87 bits per heavy atom. The number of rotatable bonds is 3. The quantitative estimate of drug-likeness (QED) is 0.531. The van der Waals surface area contributed by atoms with E-state index < -0.39 is 17.4 Å². The number of carbonyl (C=O) groups is 2. The highest BCUT2D eigenvalue weighted by atomic mass is 16.4. The summed E-state index contributed by atoms with van der Waals surface area (Å²) in [5.74, 6) is -1.59. The molecule has 3 heterocycles. The Morgan fingerprint density at radius 3 is 2.63 bits per heavy atom. The number of carbonyl (C=O) groups excluding carboxylic acids is 2. The predicted molar refractivity (Wildman–Crippen MR) is 110 cm³/mol. The van der Waals surface area contributed by atoms with Crippen LogP contribution in [-0.4, -0.2) is 26.6 Å². The van der Waals surface area contributed by atoms with E-state index in [0.717, 1.165) is 10.5 Å². The number of nitrogens with one attached hydrogen (secondary N) is 1. The molecule has 1 saturated heterocycles. The Hall–Kier alpha value is -3.94. The van der Waals surface area contributed by atoms with Gasteiger partial charge in [0.2, 0.25) is 11.8 Å². The van der Waals surface area contributed by atoms with Crippen molar-refractivity contribution in [1.29, 1.82) is 0 Å². The predicted octanol–water partition coefficient (Wildman–Crippen LogP) is 2.97. The van der Waals surface area contributed by atoms with Crippen LogP contribution in [-0.2, 0) is 9.59 Å². The van der Waals surface area contributed by atoms with Crippen molar-refractivity contribution in [2.75, 3.05) is 4.90 Å². The van der Waals surface area contributed by atoms with Crippen molar-refractivity contribution in [2.24, 2.45) is 0 Å². The van der Waals surface area contributed by atoms with E-state index in [4.69, 9.17) is 4.42 Å². The third kappa shape index (κ3) is 2.68. The molecule has 4 aromatic rings. The van der Waals surface area contributed by atoms with Gasteiger partial charge in [0, 0.05) is 12.1 Å². The van der Waals surface area contributed by atoms with E-state index in [2.05, 4.69) is 10.1 Å². The van der Waals surface area contributed by atoms with Crippen molar-refractivity contribution < 1.29 is 14.0 Å². The van der Waals surface area contributed by atoms with Crippen LogP contribution in [0.2, 0.25) is 0 Å². The number of oxazole rings is 1. The van der Waals surface area contributed by atoms with Gasteiger partial charge in [0.25, 0.3) is 5.56 Å². The van der Waals surface area contributed by atoms with Gasteiger partial charge in [0.1, 0.15) is 5.52 Å². The number of aromatic nitrogens is 3. The van der Waals surface area contributed by atoms with Gasteiger partial charge in [-0.15, -0.1) is 0 Å². The van der Waals surface area contributed by atoms with Crippen LogP contribution >= 0.6 is 0 Å². The number of fused-ring (bicyclic) bond motifs is 1. The van der Waals surface area contributed by atoms with Gasteiger partial charge in [0.05, 0.1) is 17.2 Å². The van der Waals surface area contributed by atoms with E-state index >= 15 is 0 Å². The van der Waals surface area contributed by atoms with Crippen LogP contribution in [0, 0.1) is 13.8 Å². The van der Waals surface area contributed by atoms with Gasteiger partial charge in [-0.05, 0) is 43.7 Å². The fourth-order valence-corrected chi connectivity index (χ4v) is 3.96. The molecule has 1 aliphatic rings. The SMILES string of the molecule is Cc1cccc(N2C(=O)C[C@H](c3c(C)[nH]n(-c4nc5ccccc5o4)c3=O)C2=O)c1. The Balaban J connectivity index is 1.56. The fraction of sp³-hybridized carbons (Fsp3) is 0.182. The lowest BCUT2D eigenvalue weighted by Crippen LogP contribution is -2.31. The maximum atomic E-state index is 13.2. The summed E-state index contributed by atoms with van der Waals surface area (Å²) in [4.78, 5) is 44.4. The molecule has 2 aromatic carbocycles. The normalized spacial score (nSPS) is 16.7. The van der Waals surface area contributed by atoms with E-state index in [1.54, 1.807) is 37.3 Å². The first-order chi connectivity index (χ1) is 14.4. The number of benzene rings is 2. The minimum atomic E-state index is -0.854. The highest BCUT2D eigenvalue weighted by Crippen LogP contribution is 2.33. The Labute approximate surface area is 170 Å². The highest BCUT2D eigenvalue weighted by Gasteiger charge is 2.43. The van der Waals surface area contributed by atoms with Crippen molar-refractivity contribution in [3.05, 3.63) is 75.7 Å². The van der Waals surface area contributed by atoms with E-state index in [1.807, 2.05) is 25.1 Å². The number of imide groups is 1.